The van der Waals surface area contributed by atoms with Crippen LogP contribution in [0.5, 0.6) is 5.75 Å². The summed E-state index contributed by atoms with van der Waals surface area (Å²) in [4.78, 5) is 12.4. The maximum absolute atomic E-state index is 14.0. The molecule has 0 radical (unpaired) electrons. The third kappa shape index (κ3) is 3.12. The first-order valence-electron chi connectivity index (χ1n) is 8.87. The molecule has 0 aliphatic carbocycles. The minimum Gasteiger partial charge on any atom is -0.496 e. The third-order valence-corrected chi connectivity index (χ3v) is 4.71. The van der Waals surface area contributed by atoms with Crippen LogP contribution in [0.15, 0.2) is 30.3 Å². The largest absolute Gasteiger partial charge is 0.496 e. The number of amides is 1. The predicted molar refractivity (Wildman–Crippen MR) is 104 cm³/mol. The van der Waals surface area contributed by atoms with Crippen molar-refractivity contribution in [3.8, 4) is 5.75 Å². The number of carbonyl (C=O) groups excluding carboxylic acids is 1. The van der Waals surface area contributed by atoms with Gasteiger partial charge < -0.3 is 10.1 Å². The molecular formula is C22H24FNO2. The van der Waals surface area contributed by atoms with E-state index in [9.17, 15) is 9.18 Å². The number of anilines is 1. The minimum absolute atomic E-state index is 0.255. The predicted octanol–water partition coefficient (Wildman–Crippen LogP) is 5.57. The molecule has 0 aromatic heterocycles. The van der Waals surface area contributed by atoms with Gasteiger partial charge in [-0.25, -0.2) is 4.39 Å². The SMILES string of the molecule is COc1c(C(C)C)cc(C=C2C(=O)Nc3c(F)cccc32)cc1C(C)C. The fourth-order valence-electron chi connectivity index (χ4n) is 3.36. The molecule has 0 fully saturated rings. The molecule has 1 aliphatic heterocycles. The molecule has 2 aromatic rings. The van der Waals surface area contributed by atoms with Crippen molar-refractivity contribution >= 4 is 23.2 Å². The van der Waals surface area contributed by atoms with Gasteiger partial charge >= 0.3 is 0 Å². The molecule has 1 N–H and O–H groups in total. The second-order valence-electron chi connectivity index (χ2n) is 7.22. The van der Waals surface area contributed by atoms with E-state index in [1.54, 1.807) is 19.2 Å². The molecule has 0 unspecified atom stereocenters. The third-order valence-electron chi connectivity index (χ3n) is 4.71. The lowest BCUT2D eigenvalue weighted by Gasteiger charge is -2.19. The fourth-order valence-corrected chi connectivity index (χ4v) is 3.36. The number of hydrogen-bond acceptors (Lipinski definition) is 2. The van der Waals surface area contributed by atoms with E-state index in [-0.39, 0.29) is 23.4 Å². The van der Waals surface area contributed by atoms with Gasteiger partial charge in [-0.15, -0.1) is 0 Å². The van der Waals surface area contributed by atoms with Crippen LogP contribution in [0.25, 0.3) is 11.6 Å². The summed E-state index contributed by atoms with van der Waals surface area (Å²) in [5.74, 6) is 0.767. The van der Waals surface area contributed by atoms with Crippen molar-refractivity contribution in [3.05, 3.63) is 58.4 Å². The van der Waals surface area contributed by atoms with Crippen molar-refractivity contribution < 1.29 is 13.9 Å². The Morgan fingerprint density at radius 1 is 1.08 bits per heavy atom. The molecular weight excluding hydrogens is 329 g/mol. The van der Waals surface area contributed by atoms with Crippen LogP contribution in [0, 0.1) is 5.82 Å². The van der Waals surface area contributed by atoms with Gasteiger partial charge in [-0.3, -0.25) is 4.79 Å². The topological polar surface area (TPSA) is 38.3 Å². The summed E-state index contributed by atoms with van der Waals surface area (Å²) in [6, 6.07) is 8.83. The van der Waals surface area contributed by atoms with Gasteiger partial charge in [0.2, 0.25) is 0 Å². The maximum atomic E-state index is 14.0. The van der Waals surface area contributed by atoms with Crippen molar-refractivity contribution in [1.29, 1.82) is 0 Å². The number of nitrogens with one attached hydrogen (secondary N) is 1. The van der Waals surface area contributed by atoms with Crippen LogP contribution in [-0.2, 0) is 4.79 Å². The first-order valence-corrected chi connectivity index (χ1v) is 8.87. The Bertz CT molecular complexity index is 868. The Labute approximate surface area is 153 Å². The molecule has 4 heteroatoms. The van der Waals surface area contributed by atoms with Gasteiger partial charge in [-0.05, 0) is 52.8 Å². The number of fused-ring (bicyclic) bond motifs is 1. The van der Waals surface area contributed by atoms with Crippen molar-refractivity contribution in [2.75, 3.05) is 12.4 Å². The van der Waals surface area contributed by atoms with Gasteiger partial charge in [0, 0.05) is 11.1 Å². The quantitative estimate of drug-likeness (QED) is 0.729. The van der Waals surface area contributed by atoms with E-state index in [2.05, 4.69) is 33.0 Å². The number of ether oxygens (including phenoxy) is 1. The highest BCUT2D eigenvalue weighted by atomic mass is 19.1. The molecule has 136 valence electrons. The van der Waals surface area contributed by atoms with E-state index >= 15 is 0 Å². The van der Waals surface area contributed by atoms with Gasteiger partial charge in [-0.1, -0.05) is 39.8 Å². The summed E-state index contributed by atoms with van der Waals surface area (Å²) >= 11 is 0. The zero-order chi connectivity index (χ0) is 19.0. The summed E-state index contributed by atoms with van der Waals surface area (Å²) in [6.45, 7) is 8.47. The number of benzene rings is 2. The lowest BCUT2D eigenvalue weighted by molar-refractivity contribution is -0.110. The van der Waals surface area contributed by atoms with Crippen molar-refractivity contribution in [3.63, 3.8) is 0 Å². The Kier molecular flexibility index (Phi) is 4.86. The van der Waals surface area contributed by atoms with Gasteiger partial charge in [-0.2, -0.15) is 0 Å². The monoisotopic (exact) mass is 353 g/mol. The molecule has 2 aromatic carbocycles. The fraction of sp³-hybridized carbons (Fsp3) is 0.318. The first-order chi connectivity index (χ1) is 12.3. The van der Waals surface area contributed by atoms with E-state index in [0.29, 0.717) is 11.1 Å². The van der Waals surface area contributed by atoms with E-state index in [1.807, 2.05) is 18.2 Å². The smallest absolute Gasteiger partial charge is 0.256 e. The molecule has 1 aliphatic rings. The number of methoxy groups -OCH3 is 1. The van der Waals surface area contributed by atoms with Crippen LogP contribution in [0.4, 0.5) is 10.1 Å². The molecule has 1 heterocycles. The molecule has 3 rings (SSSR count). The normalized spacial score (nSPS) is 14.9. The number of carbonyl (C=O) groups is 1. The average Bonchev–Trinajstić information content (AvgIpc) is 2.91. The highest BCUT2D eigenvalue weighted by Gasteiger charge is 2.27. The molecule has 0 saturated carbocycles. The summed E-state index contributed by atoms with van der Waals surface area (Å²) in [7, 11) is 1.69. The summed E-state index contributed by atoms with van der Waals surface area (Å²) < 4.78 is 19.6. The first kappa shape index (κ1) is 18.2. The number of halogens is 1. The Morgan fingerprint density at radius 3 is 2.23 bits per heavy atom. The number of hydrogen-bond donors (Lipinski definition) is 1. The molecule has 0 atom stereocenters. The highest BCUT2D eigenvalue weighted by molar-refractivity contribution is 6.35. The van der Waals surface area contributed by atoms with Crippen LogP contribution in [0.1, 0.15) is 61.8 Å². The van der Waals surface area contributed by atoms with Crippen molar-refractivity contribution in [1.82, 2.24) is 0 Å². The lowest BCUT2D eigenvalue weighted by Crippen LogP contribution is -2.05. The Morgan fingerprint density at radius 2 is 1.69 bits per heavy atom. The van der Waals surface area contributed by atoms with E-state index < -0.39 is 5.82 Å². The van der Waals surface area contributed by atoms with Gasteiger partial charge in [0.1, 0.15) is 11.6 Å². The molecule has 0 saturated heterocycles. The molecule has 1 amide bonds. The van der Waals surface area contributed by atoms with Crippen LogP contribution in [0.3, 0.4) is 0 Å². The standard InChI is InChI=1S/C22H24FNO2/c1-12(2)16-9-14(10-17(13(3)4)21(16)26-5)11-18-15-7-6-8-19(23)20(15)24-22(18)25/h6-13H,1-5H3,(H,24,25). The molecule has 26 heavy (non-hydrogen) atoms. The van der Waals surface area contributed by atoms with Gasteiger partial charge in [0.05, 0.1) is 12.8 Å². The van der Waals surface area contributed by atoms with Crippen LogP contribution in [0.2, 0.25) is 0 Å². The van der Waals surface area contributed by atoms with Crippen LogP contribution in [-0.4, -0.2) is 13.0 Å². The maximum Gasteiger partial charge on any atom is 0.256 e. The zero-order valence-corrected chi connectivity index (χ0v) is 15.8. The Balaban J connectivity index is 2.18. The zero-order valence-electron chi connectivity index (χ0n) is 15.8. The second kappa shape index (κ2) is 6.94. The summed E-state index contributed by atoms with van der Waals surface area (Å²) in [6.07, 6.45) is 1.83. The summed E-state index contributed by atoms with van der Waals surface area (Å²) in [5.41, 5.74) is 4.45. The number of para-hydroxylation sites is 1. The van der Waals surface area contributed by atoms with Crippen LogP contribution < -0.4 is 10.1 Å². The molecule has 0 bridgehead atoms. The van der Waals surface area contributed by atoms with E-state index in [4.69, 9.17) is 4.74 Å². The molecule has 0 spiro atoms. The van der Waals surface area contributed by atoms with Gasteiger partial charge in [0.25, 0.3) is 5.91 Å². The van der Waals surface area contributed by atoms with Crippen molar-refractivity contribution in [2.45, 2.75) is 39.5 Å². The summed E-state index contributed by atoms with van der Waals surface area (Å²) in [5, 5.41) is 2.63. The van der Waals surface area contributed by atoms with Crippen molar-refractivity contribution in [2.24, 2.45) is 0 Å². The second-order valence-corrected chi connectivity index (χ2v) is 7.22. The number of rotatable bonds is 4. The van der Waals surface area contributed by atoms with Gasteiger partial charge in [0.15, 0.2) is 0 Å². The molecule has 3 nitrogen and oxygen atoms in total. The van der Waals surface area contributed by atoms with E-state index in [0.717, 1.165) is 22.4 Å². The van der Waals surface area contributed by atoms with Crippen LogP contribution >= 0.6 is 0 Å². The minimum atomic E-state index is -0.417. The Hall–Kier alpha value is -2.62. The lowest BCUT2D eigenvalue weighted by atomic mass is 9.90. The van der Waals surface area contributed by atoms with E-state index in [1.165, 1.54) is 6.07 Å². The average molecular weight is 353 g/mol. The highest BCUT2D eigenvalue weighted by Crippen LogP contribution is 2.39.